The summed E-state index contributed by atoms with van der Waals surface area (Å²) < 4.78 is 0. The van der Waals surface area contributed by atoms with Crippen molar-refractivity contribution in [1.29, 1.82) is 5.59 Å². The third-order valence-electron chi connectivity index (χ3n) is 0. The van der Waals surface area contributed by atoms with Crippen LogP contribution in [0.25, 0.3) is 0 Å². The first-order valence-corrected chi connectivity index (χ1v) is 0.204. The first-order chi connectivity index (χ1) is 1.00. The Morgan fingerprint density at radius 3 is 0.353 bits per heavy atom. The van der Waals surface area contributed by atoms with E-state index in [2.05, 4.69) is 5.59 Å². The fourth-order valence-corrected chi connectivity index (χ4v) is 0. The molecule has 0 aliphatic heterocycles. The molecule has 0 atom stereocenters. The second-order valence-corrected chi connectivity index (χ2v) is 0. The van der Waals surface area contributed by atoms with Gasteiger partial charge in [-0.2, -0.15) is 4.91 Å². The summed E-state index contributed by atoms with van der Waals surface area (Å²) in [5.74, 6) is 0. The molecule has 0 aliphatic carbocycles. The molecule has 0 amide bonds. The third-order valence-corrected chi connectivity index (χ3v) is 0. The average Bonchev–Trinajstić information content (AvgIpc) is 1.00. The van der Waals surface area contributed by atoms with Gasteiger partial charge in [-0.05, 0) is 0 Å². The van der Waals surface area contributed by atoms with Crippen LogP contribution in [0, 0.1) is 10.5 Å². The van der Waals surface area contributed by atoms with Crippen LogP contribution in [-0.2, 0) is 102 Å². The van der Waals surface area contributed by atoms with E-state index >= 15 is 0 Å². The van der Waals surface area contributed by atoms with Crippen LogP contribution in [0.1, 0.15) is 66.8 Å². The van der Waals surface area contributed by atoms with Crippen molar-refractivity contribution in [3.63, 3.8) is 0 Å². The second kappa shape index (κ2) is 796. The van der Waals surface area contributed by atoms with Gasteiger partial charge in [-0.15, -0.1) is 0 Å². The van der Waals surface area contributed by atoms with Gasteiger partial charge < -0.3 is 0 Å². The summed E-state index contributed by atoms with van der Waals surface area (Å²) in [6, 6.07) is 0. The molecule has 141 valence electrons. The van der Waals surface area contributed by atoms with Crippen molar-refractivity contribution in [3.8, 4) is 0 Å². The maximum Gasteiger partial charge on any atom is 2.00 e. The molecular weight excluding hydrogens is 519 g/mol. The smallest absolute Gasteiger partial charge is 0.154 e. The van der Waals surface area contributed by atoms with Gasteiger partial charge in [0.05, 0.1) is 0 Å². The summed E-state index contributed by atoms with van der Waals surface area (Å²) >= 11 is 0. The van der Waals surface area contributed by atoms with Crippen LogP contribution in [0.15, 0.2) is 0 Å². The molecule has 0 aromatic heterocycles. The fraction of sp³-hybridized carbons (Fsp3) is 1.00. The van der Waals surface area contributed by atoms with Crippen LogP contribution in [0.5, 0.6) is 0 Å². The molecule has 0 aliphatic rings. The summed E-state index contributed by atoms with van der Waals surface area (Å²) in [5.41, 5.74) is 4.50. The van der Waals surface area contributed by atoms with Gasteiger partial charge in [0.15, 0.2) is 0 Å². The molecule has 1 N–H and O–H groups in total. The molecule has 0 heterocycles. The van der Waals surface area contributed by atoms with Crippen molar-refractivity contribution in [1.82, 2.24) is 0 Å². The Morgan fingerprint density at radius 2 is 0.353 bits per heavy atom. The van der Waals surface area contributed by atoms with E-state index in [1.807, 2.05) is 0 Å². The molecule has 0 saturated heterocycles. The van der Waals surface area contributed by atoms with Gasteiger partial charge >= 0.3 is 102 Å². The Balaban J connectivity index is -0.0000000000476. The van der Waals surface area contributed by atoms with Crippen molar-refractivity contribution < 1.29 is 102 Å². The molecule has 0 bridgehead atoms. The van der Waals surface area contributed by atoms with Crippen molar-refractivity contribution in [2.45, 2.75) is 66.8 Å². The van der Waals surface area contributed by atoms with Gasteiger partial charge in [-0.25, -0.2) is 0 Å². The number of hydrogen-bond acceptors (Lipinski definition) is 2. The molecule has 0 rings (SSSR count). The topological polar surface area (TPSA) is 40.9 Å². The quantitative estimate of drug-likeness (QED) is 0.287. The molecule has 8 heteroatoms. The Bertz CT molecular complexity index is 25.4. The van der Waals surface area contributed by atoms with Crippen LogP contribution in [0.2, 0.25) is 0 Å². The Morgan fingerprint density at radius 1 is 0.353 bits per heavy atom. The Labute approximate surface area is 178 Å². The van der Waals surface area contributed by atoms with Crippen molar-refractivity contribution in [2.24, 2.45) is 0 Å². The summed E-state index contributed by atoms with van der Waals surface area (Å²) in [6.45, 7) is 0. The van der Waals surface area contributed by atoms with Crippen LogP contribution < -0.4 is 0 Å². The summed E-state index contributed by atoms with van der Waals surface area (Å²) in [6.07, 6.45) is 0. The van der Waals surface area contributed by atoms with Gasteiger partial charge in [0.2, 0.25) is 0 Å². The van der Waals surface area contributed by atoms with E-state index in [0.29, 0.717) is 0 Å². The molecule has 3 radical (unpaired) electrons. The zero-order valence-electron chi connectivity index (χ0n) is 2.72. The van der Waals surface area contributed by atoms with Crippen LogP contribution in [0.4, 0.5) is 0 Å². The first kappa shape index (κ1) is 500. The van der Waals surface area contributed by atoms with E-state index in [1.54, 1.807) is 0 Å². The average molecular weight is 557 g/mol. The van der Waals surface area contributed by atoms with E-state index in [4.69, 9.17) is 4.91 Å². The molecule has 2 nitrogen and oxygen atoms in total. The minimum atomic E-state index is 0. The maximum absolute atomic E-state index is 7.50. The third kappa shape index (κ3) is 709. The van der Waals surface area contributed by atoms with Crippen molar-refractivity contribution >= 4 is 0 Å². The number of rotatable bonds is 0. The van der Waals surface area contributed by atoms with Crippen LogP contribution in [0.3, 0.4) is 0 Å². The second-order valence-electron chi connectivity index (χ2n) is 0. The standard InChI is InChI=1S/9CH4.6Cu.HNO/c;;;;;;;;;;;;;;;1-2/h9*1H4;;;;;;;1H/q;;;;;;;;;3*+1;3*+2;. The Hall–Kier alpha value is 2.72. The predicted molar refractivity (Wildman–Crippen MR) is 66.7 cm³/mol. The van der Waals surface area contributed by atoms with Gasteiger partial charge in [0.1, 0.15) is 0 Å². The fourth-order valence-electron chi connectivity index (χ4n) is 0. The zero-order chi connectivity index (χ0) is 2.00. The summed E-state index contributed by atoms with van der Waals surface area (Å²) in [5, 5.41) is 0. The summed E-state index contributed by atoms with van der Waals surface area (Å²) in [4.78, 5) is 7.50. The van der Waals surface area contributed by atoms with Gasteiger partial charge in [-0.3, -0.25) is 0 Å². The number of hydrogen-bond donors (Lipinski definition) is 1. The molecule has 0 fully saturated rings. The number of nitroso groups, excluding NO2 is 1. The Kier molecular flexibility index (Phi) is 23400. The van der Waals surface area contributed by atoms with E-state index in [1.165, 1.54) is 0 Å². The SMILES string of the molecule is C.C.C.C.C.C.C.C.C.N=O.[Cu+2].[Cu+2].[Cu+2].[Cu+].[Cu+].[Cu+]. The van der Waals surface area contributed by atoms with Crippen molar-refractivity contribution in [2.75, 3.05) is 0 Å². The maximum atomic E-state index is 7.50. The van der Waals surface area contributed by atoms with E-state index < -0.39 is 0 Å². The first-order valence-electron chi connectivity index (χ1n) is 0.204. The summed E-state index contributed by atoms with van der Waals surface area (Å²) in [7, 11) is 0. The van der Waals surface area contributed by atoms with Gasteiger partial charge in [0, 0.05) is 0 Å². The predicted octanol–water partition coefficient (Wildman–Crippen LogP) is 6.04. The van der Waals surface area contributed by atoms with Gasteiger partial charge in [-0.1, -0.05) is 72.4 Å². The molecule has 0 spiro atoms. The van der Waals surface area contributed by atoms with Gasteiger partial charge in [0.25, 0.3) is 0 Å². The largest absolute Gasteiger partial charge is 2.00 e. The minimum Gasteiger partial charge on any atom is -0.154 e. The van der Waals surface area contributed by atoms with E-state index in [9.17, 15) is 0 Å². The van der Waals surface area contributed by atoms with E-state index in [-0.39, 0.29) is 169 Å². The van der Waals surface area contributed by atoms with Crippen molar-refractivity contribution in [3.05, 3.63) is 4.91 Å². The van der Waals surface area contributed by atoms with Crippen LogP contribution >= 0.6 is 0 Å². The molecule has 0 saturated carbocycles. The molecular formula is C9H37Cu6NO+9. The normalized spacial score (nSPS) is 0.235. The zero-order valence-corrected chi connectivity index (χ0v) is 8.37. The molecule has 0 aromatic carbocycles. The molecule has 0 aromatic rings. The molecule has 17 heavy (non-hydrogen) atoms. The van der Waals surface area contributed by atoms with Crippen LogP contribution in [-0.4, -0.2) is 0 Å². The minimum absolute atomic E-state index is 0. The monoisotopic (exact) mass is 553 g/mol. The van der Waals surface area contributed by atoms with E-state index in [0.717, 1.165) is 0 Å². The molecule has 0 unspecified atom stereocenters. The number of nitrogens with one attached hydrogen (secondary N) is 1.